The lowest BCUT2D eigenvalue weighted by atomic mass is 10.1. The Morgan fingerprint density at radius 3 is 2.39 bits per heavy atom. The van der Waals surface area contributed by atoms with Gasteiger partial charge in [0.1, 0.15) is 11.5 Å². The van der Waals surface area contributed by atoms with Crippen LogP contribution in [0.15, 0.2) is 54.6 Å². The second kappa shape index (κ2) is 8.85. The molecule has 1 heterocycles. The SMILES string of the molecule is COc1ccc(Nc2ccc(NC(=O)Cc3ccccc3C)nn2)c(OC)c1. The number of ether oxygens (including phenoxy) is 2. The molecular weight excluding hydrogens is 356 g/mol. The van der Waals surface area contributed by atoms with Gasteiger partial charge in [0, 0.05) is 6.07 Å². The minimum Gasteiger partial charge on any atom is -0.497 e. The number of methoxy groups -OCH3 is 2. The molecule has 1 amide bonds. The predicted molar refractivity (Wildman–Crippen MR) is 108 cm³/mol. The van der Waals surface area contributed by atoms with E-state index in [1.54, 1.807) is 32.4 Å². The van der Waals surface area contributed by atoms with Crippen molar-refractivity contribution in [3.05, 3.63) is 65.7 Å². The van der Waals surface area contributed by atoms with E-state index < -0.39 is 0 Å². The minimum absolute atomic E-state index is 0.138. The number of aromatic nitrogens is 2. The fourth-order valence-corrected chi connectivity index (χ4v) is 2.67. The number of benzene rings is 2. The van der Waals surface area contributed by atoms with Crippen LogP contribution in [0.25, 0.3) is 0 Å². The molecular formula is C21H22N4O3. The van der Waals surface area contributed by atoms with Gasteiger partial charge in [-0.25, -0.2) is 0 Å². The Kier molecular flexibility index (Phi) is 6.06. The maximum atomic E-state index is 12.2. The van der Waals surface area contributed by atoms with E-state index in [1.807, 2.05) is 43.3 Å². The number of carbonyl (C=O) groups is 1. The van der Waals surface area contributed by atoms with Crippen molar-refractivity contribution in [1.29, 1.82) is 0 Å². The fraction of sp³-hybridized carbons (Fsp3) is 0.190. The summed E-state index contributed by atoms with van der Waals surface area (Å²) in [5.41, 5.74) is 2.79. The van der Waals surface area contributed by atoms with Gasteiger partial charge in [-0.1, -0.05) is 24.3 Å². The van der Waals surface area contributed by atoms with Crippen molar-refractivity contribution < 1.29 is 14.3 Å². The zero-order chi connectivity index (χ0) is 19.9. The molecule has 0 aliphatic rings. The van der Waals surface area contributed by atoms with Gasteiger partial charge in [0.15, 0.2) is 11.6 Å². The van der Waals surface area contributed by atoms with Crippen molar-refractivity contribution in [3.63, 3.8) is 0 Å². The van der Waals surface area contributed by atoms with Gasteiger partial charge in [0.2, 0.25) is 5.91 Å². The fourth-order valence-electron chi connectivity index (χ4n) is 2.67. The molecule has 7 nitrogen and oxygen atoms in total. The molecule has 1 aromatic heterocycles. The first kappa shape index (κ1) is 19.2. The molecule has 0 fully saturated rings. The molecule has 0 saturated heterocycles. The number of aryl methyl sites for hydroxylation is 1. The van der Waals surface area contributed by atoms with Crippen molar-refractivity contribution >= 4 is 23.2 Å². The quantitative estimate of drug-likeness (QED) is 0.652. The number of hydrogen-bond acceptors (Lipinski definition) is 6. The summed E-state index contributed by atoms with van der Waals surface area (Å²) in [6, 6.07) is 16.6. The zero-order valence-corrected chi connectivity index (χ0v) is 16.0. The molecule has 7 heteroatoms. The lowest BCUT2D eigenvalue weighted by molar-refractivity contribution is -0.115. The normalized spacial score (nSPS) is 10.2. The van der Waals surface area contributed by atoms with Crippen molar-refractivity contribution in [3.8, 4) is 11.5 Å². The van der Waals surface area contributed by atoms with Crippen molar-refractivity contribution in [2.24, 2.45) is 0 Å². The Morgan fingerprint density at radius 1 is 0.964 bits per heavy atom. The smallest absolute Gasteiger partial charge is 0.230 e. The molecule has 0 unspecified atom stereocenters. The average molecular weight is 378 g/mol. The van der Waals surface area contributed by atoms with Gasteiger partial charge >= 0.3 is 0 Å². The van der Waals surface area contributed by atoms with Gasteiger partial charge in [-0.2, -0.15) is 0 Å². The summed E-state index contributed by atoms with van der Waals surface area (Å²) in [5, 5.41) is 14.1. The van der Waals surface area contributed by atoms with Crippen LogP contribution in [0.3, 0.4) is 0 Å². The van der Waals surface area contributed by atoms with E-state index in [9.17, 15) is 4.79 Å². The number of carbonyl (C=O) groups excluding carboxylic acids is 1. The highest BCUT2D eigenvalue weighted by molar-refractivity contribution is 5.91. The van der Waals surface area contributed by atoms with E-state index >= 15 is 0 Å². The van der Waals surface area contributed by atoms with Gasteiger partial charge in [-0.05, 0) is 42.3 Å². The molecule has 0 aliphatic heterocycles. The zero-order valence-electron chi connectivity index (χ0n) is 16.0. The number of anilines is 3. The first-order valence-electron chi connectivity index (χ1n) is 8.76. The monoisotopic (exact) mass is 378 g/mol. The Morgan fingerprint density at radius 2 is 1.71 bits per heavy atom. The van der Waals surface area contributed by atoms with Gasteiger partial charge in [-0.3, -0.25) is 4.79 Å². The second-order valence-corrected chi connectivity index (χ2v) is 6.15. The predicted octanol–water partition coefficient (Wildman–Crippen LogP) is 3.73. The van der Waals surface area contributed by atoms with Crippen molar-refractivity contribution in [1.82, 2.24) is 10.2 Å². The van der Waals surface area contributed by atoms with E-state index in [2.05, 4.69) is 20.8 Å². The number of nitrogens with zero attached hydrogens (tertiary/aromatic N) is 2. The molecule has 0 atom stereocenters. The minimum atomic E-state index is -0.138. The van der Waals surface area contributed by atoms with Gasteiger partial charge in [0.05, 0.1) is 26.3 Å². The molecule has 2 aromatic carbocycles. The Labute approximate surface area is 163 Å². The van der Waals surface area contributed by atoms with E-state index in [4.69, 9.17) is 9.47 Å². The highest BCUT2D eigenvalue weighted by atomic mass is 16.5. The molecule has 0 radical (unpaired) electrons. The lowest BCUT2D eigenvalue weighted by Crippen LogP contribution is -2.16. The summed E-state index contributed by atoms with van der Waals surface area (Å²) in [5.74, 6) is 2.10. The summed E-state index contributed by atoms with van der Waals surface area (Å²) in [7, 11) is 3.18. The molecule has 0 aliphatic carbocycles. The van der Waals surface area contributed by atoms with E-state index in [0.29, 0.717) is 23.1 Å². The van der Waals surface area contributed by atoms with Crippen molar-refractivity contribution in [2.45, 2.75) is 13.3 Å². The van der Waals surface area contributed by atoms with Crippen LogP contribution in [-0.2, 0) is 11.2 Å². The average Bonchev–Trinajstić information content (AvgIpc) is 2.71. The van der Waals surface area contributed by atoms with Crippen LogP contribution in [-0.4, -0.2) is 30.3 Å². The van der Waals surface area contributed by atoms with Crippen molar-refractivity contribution in [2.75, 3.05) is 24.9 Å². The lowest BCUT2D eigenvalue weighted by Gasteiger charge is -2.12. The van der Waals surface area contributed by atoms with Gasteiger partial charge in [-0.15, -0.1) is 10.2 Å². The van der Waals surface area contributed by atoms with Crippen LogP contribution >= 0.6 is 0 Å². The summed E-state index contributed by atoms with van der Waals surface area (Å²) < 4.78 is 10.5. The number of amides is 1. The summed E-state index contributed by atoms with van der Waals surface area (Å²) in [4.78, 5) is 12.2. The summed E-state index contributed by atoms with van der Waals surface area (Å²) >= 11 is 0. The second-order valence-electron chi connectivity index (χ2n) is 6.15. The number of rotatable bonds is 7. The molecule has 0 spiro atoms. The maximum Gasteiger partial charge on any atom is 0.230 e. The molecule has 28 heavy (non-hydrogen) atoms. The largest absolute Gasteiger partial charge is 0.497 e. The maximum absolute atomic E-state index is 12.2. The van der Waals surface area contributed by atoms with E-state index in [0.717, 1.165) is 16.8 Å². The van der Waals surface area contributed by atoms with Crippen LogP contribution < -0.4 is 20.1 Å². The van der Waals surface area contributed by atoms with E-state index in [-0.39, 0.29) is 12.3 Å². The van der Waals surface area contributed by atoms with Crippen LogP contribution in [0.2, 0.25) is 0 Å². The van der Waals surface area contributed by atoms with Gasteiger partial charge < -0.3 is 20.1 Å². The molecule has 0 bridgehead atoms. The highest BCUT2D eigenvalue weighted by Gasteiger charge is 2.09. The topological polar surface area (TPSA) is 85.4 Å². The molecule has 3 rings (SSSR count). The molecule has 3 aromatic rings. The molecule has 144 valence electrons. The van der Waals surface area contributed by atoms with Gasteiger partial charge in [0.25, 0.3) is 0 Å². The Hall–Kier alpha value is -3.61. The molecule has 2 N–H and O–H groups in total. The van der Waals surface area contributed by atoms with Crippen LogP contribution in [0, 0.1) is 6.92 Å². The number of nitrogens with one attached hydrogen (secondary N) is 2. The molecule has 0 saturated carbocycles. The third-order valence-corrected chi connectivity index (χ3v) is 4.22. The Bertz CT molecular complexity index is 958. The third kappa shape index (κ3) is 4.76. The first-order chi connectivity index (χ1) is 13.6. The van der Waals surface area contributed by atoms with Crippen LogP contribution in [0.4, 0.5) is 17.3 Å². The third-order valence-electron chi connectivity index (χ3n) is 4.22. The number of hydrogen-bond donors (Lipinski definition) is 2. The standard InChI is InChI=1S/C21H22N4O3/c1-14-6-4-5-7-15(14)12-21(26)23-20-11-10-19(24-25-20)22-17-9-8-16(27-2)13-18(17)28-3/h4-11,13H,12H2,1-3H3,(H,22,24)(H,23,25,26). The van der Waals surface area contributed by atoms with E-state index in [1.165, 1.54) is 0 Å². The first-order valence-corrected chi connectivity index (χ1v) is 8.76. The van der Waals surface area contributed by atoms with Crippen LogP contribution in [0.1, 0.15) is 11.1 Å². The summed E-state index contributed by atoms with van der Waals surface area (Å²) in [6.07, 6.45) is 0.289. The van der Waals surface area contributed by atoms with Crippen LogP contribution in [0.5, 0.6) is 11.5 Å². The summed E-state index contributed by atoms with van der Waals surface area (Å²) in [6.45, 7) is 1.98. The Balaban J connectivity index is 1.64. The highest BCUT2D eigenvalue weighted by Crippen LogP contribution is 2.30.